The molecule has 1 aliphatic rings. The predicted molar refractivity (Wildman–Crippen MR) is 51.7 cm³/mol. The first kappa shape index (κ1) is 10.5. The Morgan fingerprint density at radius 1 is 1.06 bits per heavy atom. The zero-order chi connectivity index (χ0) is 11.7. The van der Waals surface area contributed by atoms with Gasteiger partial charge in [-0.2, -0.15) is 0 Å². The predicted octanol–water partition coefficient (Wildman–Crippen LogP) is 0.428. The minimum atomic E-state index is -0.789. The van der Waals surface area contributed by atoms with E-state index in [1.165, 1.54) is 6.07 Å². The molecule has 4 nitrogen and oxygen atoms in total. The number of nitrogens with zero attached hydrogens (tertiary/aromatic N) is 1. The lowest BCUT2D eigenvalue weighted by Gasteiger charge is -2.27. The summed E-state index contributed by atoms with van der Waals surface area (Å²) in [7, 11) is 0. The van der Waals surface area contributed by atoms with Crippen LogP contribution in [0.25, 0.3) is 0 Å². The number of para-hydroxylation sites is 1. The van der Waals surface area contributed by atoms with E-state index in [9.17, 15) is 18.4 Å². The Balaban J connectivity index is 2.36. The SMILES string of the molecule is O=C1CN(c2c(F)cccc2F)CC(=O)N1. The third-order valence-electron chi connectivity index (χ3n) is 2.20. The third kappa shape index (κ3) is 1.86. The molecule has 1 aromatic carbocycles. The van der Waals surface area contributed by atoms with Crippen LogP contribution in [0.3, 0.4) is 0 Å². The van der Waals surface area contributed by atoms with Crippen molar-refractivity contribution < 1.29 is 18.4 Å². The van der Waals surface area contributed by atoms with E-state index in [2.05, 4.69) is 5.32 Å². The Bertz CT molecular complexity index is 426. The summed E-state index contributed by atoms with van der Waals surface area (Å²) in [6, 6.07) is 3.38. The van der Waals surface area contributed by atoms with Gasteiger partial charge in [0.25, 0.3) is 0 Å². The van der Waals surface area contributed by atoms with Gasteiger partial charge in [-0.1, -0.05) is 6.07 Å². The Hall–Kier alpha value is -1.98. The van der Waals surface area contributed by atoms with Crippen molar-refractivity contribution in [2.75, 3.05) is 18.0 Å². The number of rotatable bonds is 1. The molecule has 2 rings (SSSR count). The van der Waals surface area contributed by atoms with Crippen LogP contribution < -0.4 is 10.2 Å². The van der Waals surface area contributed by atoms with Crippen LogP contribution in [-0.2, 0) is 9.59 Å². The number of benzene rings is 1. The fraction of sp³-hybridized carbons (Fsp3) is 0.200. The van der Waals surface area contributed by atoms with Crippen molar-refractivity contribution in [3.05, 3.63) is 29.8 Å². The quantitative estimate of drug-likeness (QED) is 0.706. The summed E-state index contributed by atoms with van der Waals surface area (Å²) in [6.45, 7) is -0.465. The molecular weight excluding hydrogens is 218 g/mol. The minimum absolute atomic E-state index is 0.233. The van der Waals surface area contributed by atoms with Crippen molar-refractivity contribution in [1.29, 1.82) is 0 Å². The van der Waals surface area contributed by atoms with Crippen molar-refractivity contribution in [3.63, 3.8) is 0 Å². The first-order valence-electron chi connectivity index (χ1n) is 4.59. The monoisotopic (exact) mass is 226 g/mol. The van der Waals surface area contributed by atoms with Gasteiger partial charge < -0.3 is 4.90 Å². The maximum Gasteiger partial charge on any atom is 0.246 e. The molecule has 1 aliphatic heterocycles. The summed E-state index contributed by atoms with van der Waals surface area (Å²) in [6.07, 6.45) is 0. The highest BCUT2D eigenvalue weighted by atomic mass is 19.1. The van der Waals surface area contributed by atoms with Gasteiger partial charge in [-0.05, 0) is 12.1 Å². The number of anilines is 1. The van der Waals surface area contributed by atoms with Crippen LogP contribution in [0.5, 0.6) is 0 Å². The zero-order valence-electron chi connectivity index (χ0n) is 8.17. The number of nitrogens with one attached hydrogen (secondary N) is 1. The Morgan fingerprint density at radius 3 is 2.06 bits per heavy atom. The minimum Gasteiger partial charge on any atom is -0.348 e. The number of imide groups is 1. The van der Waals surface area contributed by atoms with Gasteiger partial charge in [0.1, 0.15) is 17.3 Å². The molecule has 0 bridgehead atoms. The van der Waals surface area contributed by atoms with Crippen LogP contribution in [0.4, 0.5) is 14.5 Å². The molecule has 0 unspecified atom stereocenters. The second-order valence-electron chi connectivity index (χ2n) is 3.40. The molecule has 1 N–H and O–H groups in total. The lowest BCUT2D eigenvalue weighted by molar-refractivity contribution is -0.130. The van der Waals surface area contributed by atoms with E-state index in [0.29, 0.717) is 0 Å². The topological polar surface area (TPSA) is 49.4 Å². The number of hydrogen-bond donors (Lipinski definition) is 1. The van der Waals surface area contributed by atoms with Gasteiger partial charge in [0.15, 0.2) is 0 Å². The molecule has 1 aromatic rings. The summed E-state index contributed by atoms with van der Waals surface area (Å²) < 4.78 is 26.7. The fourth-order valence-corrected chi connectivity index (χ4v) is 1.59. The van der Waals surface area contributed by atoms with Gasteiger partial charge in [0, 0.05) is 0 Å². The number of piperazine rings is 1. The van der Waals surface area contributed by atoms with Crippen LogP contribution in [0.2, 0.25) is 0 Å². The molecule has 0 aliphatic carbocycles. The summed E-state index contributed by atoms with van der Waals surface area (Å²) in [5.74, 6) is -2.72. The van der Waals surface area contributed by atoms with Gasteiger partial charge in [0.2, 0.25) is 11.8 Å². The molecule has 6 heteroatoms. The smallest absolute Gasteiger partial charge is 0.246 e. The van der Waals surface area contributed by atoms with Crippen molar-refractivity contribution in [2.24, 2.45) is 0 Å². The van der Waals surface area contributed by atoms with Gasteiger partial charge in [-0.3, -0.25) is 14.9 Å². The number of hydrogen-bond acceptors (Lipinski definition) is 3. The second kappa shape index (κ2) is 3.88. The van der Waals surface area contributed by atoms with Crippen LogP contribution in [0, 0.1) is 11.6 Å². The summed E-state index contributed by atoms with van der Waals surface area (Å²) >= 11 is 0. The number of carbonyl (C=O) groups is 2. The van der Waals surface area contributed by atoms with Gasteiger partial charge in [-0.25, -0.2) is 8.78 Å². The van der Waals surface area contributed by atoms with Crippen LogP contribution >= 0.6 is 0 Å². The van der Waals surface area contributed by atoms with Gasteiger partial charge >= 0.3 is 0 Å². The van der Waals surface area contributed by atoms with E-state index in [-0.39, 0.29) is 18.8 Å². The average Bonchev–Trinajstić information content (AvgIpc) is 2.15. The molecule has 16 heavy (non-hydrogen) atoms. The van der Waals surface area contributed by atoms with E-state index in [1.807, 2.05) is 0 Å². The summed E-state index contributed by atoms with van der Waals surface area (Å²) in [5.41, 5.74) is -0.342. The first-order valence-corrected chi connectivity index (χ1v) is 4.59. The van der Waals surface area contributed by atoms with Crippen molar-refractivity contribution in [2.45, 2.75) is 0 Å². The largest absolute Gasteiger partial charge is 0.348 e. The lowest BCUT2D eigenvalue weighted by Crippen LogP contribution is -2.52. The van der Waals surface area contributed by atoms with Gasteiger partial charge in [0.05, 0.1) is 13.1 Å². The highest BCUT2D eigenvalue weighted by Gasteiger charge is 2.26. The van der Waals surface area contributed by atoms with Crippen LogP contribution in [-0.4, -0.2) is 24.9 Å². The standard InChI is InChI=1S/C10H8F2N2O2/c11-6-2-1-3-7(12)10(6)14-4-8(15)13-9(16)5-14/h1-3H,4-5H2,(H,13,15,16). The molecule has 0 aromatic heterocycles. The number of amides is 2. The van der Waals surface area contributed by atoms with Crippen LogP contribution in [0.1, 0.15) is 0 Å². The molecule has 1 saturated heterocycles. The van der Waals surface area contributed by atoms with Crippen molar-refractivity contribution in [1.82, 2.24) is 5.32 Å². The highest BCUT2D eigenvalue weighted by molar-refractivity contribution is 6.02. The molecule has 2 amide bonds. The first-order chi connectivity index (χ1) is 7.58. The zero-order valence-corrected chi connectivity index (χ0v) is 8.17. The summed E-state index contributed by atoms with van der Waals surface area (Å²) in [4.78, 5) is 23.2. The molecule has 0 atom stereocenters. The number of carbonyl (C=O) groups excluding carboxylic acids is 2. The Kier molecular flexibility index (Phi) is 2.55. The molecule has 0 saturated carbocycles. The highest BCUT2D eigenvalue weighted by Crippen LogP contribution is 2.23. The van der Waals surface area contributed by atoms with E-state index < -0.39 is 23.4 Å². The average molecular weight is 226 g/mol. The van der Waals surface area contributed by atoms with Crippen molar-refractivity contribution in [3.8, 4) is 0 Å². The second-order valence-corrected chi connectivity index (χ2v) is 3.40. The van der Waals surface area contributed by atoms with E-state index in [1.54, 1.807) is 0 Å². The van der Waals surface area contributed by atoms with E-state index in [4.69, 9.17) is 0 Å². The molecular formula is C10H8F2N2O2. The fourth-order valence-electron chi connectivity index (χ4n) is 1.59. The maximum absolute atomic E-state index is 13.4. The molecule has 0 spiro atoms. The Morgan fingerprint density at radius 2 is 1.56 bits per heavy atom. The van der Waals surface area contributed by atoms with Crippen LogP contribution in [0.15, 0.2) is 18.2 Å². The molecule has 1 heterocycles. The maximum atomic E-state index is 13.4. The third-order valence-corrected chi connectivity index (χ3v) is 2.20. The number of halogens is 2. The van der Waals surface area contributed by atoms with Crippen molar-refractivity contribution >= 4 is 17.5 Å². The molecule has 84 valence electrons. The van der Waals surface area contributed by atoms with E-state index >= 15 is 0 Å². The normalized spacial score (nSPS) is 16.2. The molecule has 0 radical (unpaired) electrons. The molecule has 1 fully saturated rings. The lowest BCUT2D eigenvalue weighted by atomic mass is 10.2. The Labute approximate surface area is 89.8 Å². The van der Waals surface area contributed by atoms with E-state index in [0.717, 1.165) is 17.0 Å². The van der Waals surface area contributed by atoms with Gasteiger partial charge in [-0.15, -0.1) is 0 Å². The summed E-state index contributed by atoms with van der Waals surface area (Å²) in [5, 5.41) is 2.05.